The summed E-state index contributed by atoms with van der Waals surface area (Å²) in [7, 11) is 1.30. The minimum atomic E-state index is -4.34. The molecule has 0 aliphatic carbocycles. The van der Waals surface area contributed by atoms with Crippen LogP contribution < -0.4 is 5.32 Å². The monoisotopic (exact) mass is 275 g/mol. The number of nitrogens with one attached hydrogen (secondary N) is 1. The van der Waals surface area contributed by atoms with E-state index in [0.29, 0.717) is 13.0 Å². The molecule has 0 radical (unpaired) electrons. The number of esters is 1. The van der Waals surface area contributed by atoms with E-state index in [9.17, 15) is 18.0 Å². The van der Waals surface area contributed by atoms with Gasteiger partial charge in [-0.1, -0.05) is 18.2 Å². The van der Waals surface area contributed by atoms with Gasteiger partial charge in [0.2, 0.25) is 0 Å². The molecule has 0 atom stereocenters. The van der Waals surface area contributed by atoms with Crippen LogP contribution in [0.1, 0.15) is 24.0 Å². The maximum atomic E-state index is 12.7. The molecule has 106 valence electrons. The zero-order chi connectivity index (χ0) is 14.3. The summed E-state index contributed by atoms with van der Waals surface area (Å²) in [5, 5.41) is 2.89. The van der Waals surface area contributed by atoms with Crippen molar-refractivity contribution in [3.8, 4) is 0 Å². The summed E-state index contributed by atoms with van der Waals surface area (Å²) in [5.74, 6) is -0.322. The van der Waals surface area contributed by atoms with Crippen LogP contribution in [-0.2, 0) is 22.3 Å². The molecule has 0 aliphatic rings. The highest BCUT2D eigenvalue weighted by atomic mass is 19.4. The summed E-state index contributed by atoms with van der Waals surface area (Å²) >= 11 is 0. The van der Waals surface area contributed by atoms with Gasteiger partial charge < -0.3 is 10.1 Å². The first-order chi connectivity index (χ1) is 8.95. The second-order valence-corrected chi connectivity index (χ2v) is 4.01. The highest BCUT2D eigenvalue weighted by Crippen LogP contribution is 2.31. The Hall–Kier alpha value is -1.56. The summed E-state index contributed by atoms with van der Waals surface area (Å²) < 4.78 is 42.5. The van der Waals surface area contributed by atoms with E-state index in [-0.39, 0.29) is 24.5 Å². The summed E-state index contributed by atoms with van der Waals surface area (Å²) in [5.41, 5.74) is -0.427. The van der Waals surface area contributed by atoms with Crippen LogP contribution in [0.4, 0.5) is 13.2 Å². The molecule has 0 aliphatic heterocycles. The zero-order valence-corrected chi connectivity index (χ0v) is 10.6. The number of hydrogen-bond acceptors (Lipinski definition) is 3. The van der Waals surface area contributed by atoms with Gasteiger partial charge in [-0.05, 0) is 24.6 Å². The molecule has 0 spiro atoms. The van der Waals surface area contributed by atoms with Gasteiger partial charge in [0.05, 0.1) is 12.7 Å². The Morgan fingerprint density at radius 1 is 1.32 bits per heavy atom. The molecule has 1 aromatic carbocycles. The second kappa shape index (κ2) is 7.13. The molecule has 0 aromatic heterocycles. The van der Waals surface area contributed by atoms with Crippen molar-refractivity contribution >= 4 is 5.97 Å². The van der Waals surface area contributed by atoms with Crippen molar-refractivity contribution in [2.24, 2.45) is 0 Å². The van der Waals surface area contributed by atoms with E-state index in [1.807, 2.05) is 0 Å². The van der Waals surface area contributed by atoms with Crippen LogP contribution >= 0.6 is 0 Å². The van der Waals surface area contributed by atoms with Crippen LogP contribution in [0.15, 0.2) is 24.3 Å². The third-order valence-electron chi connectivity index (χ3n) is 2.60. The fourth-order valence-corrected chi connectivity index (χ4v) is 1.63. The van der Waals surface area contributed by atoms with Crippen molar-refractivity contribution in [1.82, 2.24) is 5.32 Å². The van der Waals surface area contributed by atoms with Crippen LogP contribution in [0.5, 0.6) is 0 Å². The largest absolute Gasteiger partial charge is 0.469 e. The number of carbonyl (C=O) groups excluding carboxylic acids is 1. The van der Waals surface area contributed by atoms with E-state index in [2.05, 4.69) is 10.1 Å². The average molecular weight is 275 g/mol. The zero-order valence-electron chi connectivity index (χ0n) is 10.6. The van der Waals surface area contributed by atoms with E-state index in [4.69, 9.17) is 0 Å². The second-order valence-electron chi connectivity index (χ2n) is 4.01. The first-order valence-corrected chi connectivity index (χ1v) is 5.88. The average Bonchev–Trinajstić information content (AvgIpc) is 2.37. The predicted octanol–water partition coefficient (Wildman–Crippen LogP) is 2.75. The minimum Gasteiger partial charge on any atom is -0.469 e. The van der Waals surface area contributed by atoms with Crippen molar-refractivity contribution in [3.05, 3.63) is 35.4 Å². The topological polar surface area (TPSA) is 38.3 Å². The number of ether oxygens (including phenoxy) is 1. The Morgan fingerprint density at radius 3 is 2.63 bits per heavy atom. The standard InChI is InChI=1S/C13H16F3NO2/c1-19-12(18)7-4-8-17-9-10-5-2-3-6-11(10)13(14,15)16/h2-3,5-6,17H,4,7-9H2,1H3. The maximum Gasteiger partial charge on any atom is 0.416 e. The van der Waals surface area contributed by atoms with E-state index in [0.717, 1.165) is 6.07 Å². The lowest BCUT2D eigenvalue weighted by molar-refractivity contribution is -0.140. The molecule has 1 aromatic rings. The Labute approximate surface area is 109 Å². The van der Waals surface area contributed by atoms with Gasteiger partial charge >= 0.3 is 12.1 Å². The molecule has 0 amide bonds. The number of hydrogen-bond donors (Lipinski definition) is 1. The number of halogens is 3. The van der Waals surface area contributed by atoms with Gasteiger partial charge in [-0.2, -0.15) is 13.2 Å². The normalized spacial score (nSPS) is 11.4. The van der Waals surface area contributed by atoms with Crippen molar-refractivity contribution in [1.29, 1.82) is 0 Å². The molecule has 1 N–H and O–H groups in total. The molecular weight excluding hydrogens is 259 g/mol. The minimum absolute atomic E-state index is 0.122. The van der Waals surface area contributed by atoms with Gasteiger partial charge in [-0.15, -0.1) is 0 Å². The first-order valence-electron chi connectivity index (χ1n) is 5.88. The van der Waals surface area contributed by atoms with Crippen LogP contribution in [0.25, 0.3) is 0 Å². The predicted molar refractivity (Wildman–Crippen MR) is 64.4 cm³/mol. The van der Waals surface area contributed by atoms with Crippen molar-refractivity contribution in [2.75, 3.05) is 13.7 Å². The fraction of sp³-hybridized carbons (Fsp3) is 0.462. The first kappa shape index (κ1) is 15.5. The fourth-order valence-electron chi connectivity index (χ4n) is 1.63. The highest BCUT2D eigenvalue weighted by molar-refractivity contribution is 5.69. The quantitative estimate of drug-likeness (QED) is 0.641. The van der Waals surface area contributed by atoms with Crippen LogP contribution in [-0.4, -0.2) is 19.6 Å². The Kier molecular flexibility index (Phi) is 5.82. The van der Waals surface area contributed by atoms with E-state index >= 15 is 0 Å². The molecule has 0 bridgehead atoms. The Bertz CT molecular complexity index is 419. The van der Waals surface area contributed by atoms with Gasteiger partial charge in [0.1, 0.15) is 0 Å². The Morgan fingerprint density at radius 2 is 2.00 bits per heavy atom. The van der Waals surface area contributed by atoms with Crippen LogP contribution in [0.3, 0.4) is 0 Å². The van der Waals surface area contributed by atoms with Gasteiger partial charge in [-0.25, -0.2) is 0 Å². The number of alkyl halides is 3. The summed E-state index contributed by atoms with van der Waals surface area (Å²) in [6.45, 7) is 0.581. The lowest BCUT2D eigenvalue weighted by atomic mass is 10.1. The van der Waals surface area contributed by atoms with Crippen molar-refractivity contribution in [2.45, 2.75) is 25.6 Å². The smallest absolute Gasteiger partial charge is 0.416 e. The van der Waals surface area contributed by atoms with Crippen molar-refractivity contribution < 1.29 is 22.7 Å². The van der Waals surface area contributed by atoms with Gasteiger partial charge in [0, 0.05) is 13.0 Å². The summed E-state index contributed by atoms with van der Waals surface area (Å²) in [6, 6.07) is 5.44. The molecule has 0 heterocycles. The van der Waals surface area contributed by atoms with Gasteiger partial charge in [0.25, 0.3) is 0 Å². The van der Waals surface area contributed by atoms with Gasteiger partial charge in [0.15, 0.2) is 0 Å². The van der Waals surface area contributed by atoms with Crippen molar-refractivity contribution in [3.63, 3.8) is 0 Å². The van der Waals surface area contributed by atoms with Crippen LogP contribution in [0, 0.1) is 0 Å². The highest BCUT2D eigenvalue weighted by Gasteiger charge is 2.32. The molecule has 0 fully saturated rings. The molecule has 1 rings (SSSR count). The van der Waals surface area contributed by atoms with E-state index in [1.165, 1.54) is 19.2 Å². The van der Waals surface area contributed by atoms with E-state index in [1.54, 1.807) is 6.07 Å². The third-order valence-corrected chi connectivity index (χ3v) is 2.60. The van der Waals surface area contributed by atoms with Crippen LogP contribution in [0.2, 0.25) is 0 Å². The summed E-state index contributed by atoms with van der Waals surface area (Å²) in [4.78, 5) is 10.8. The number of benzene rings is 1. The molecule has 0 saturated heterocycles. The molecule has 0 unspecified atom stereocenters. The van der Waals surface area contributed by atoms with Gasteiger partial charge in [-0.3, -0.25) is 4.79 Å². The molecule has 19 heavy (non-hydrogen) atoms. The third kappa shape index (κ3) is 5.30. The molecule has 6 heteroatoms. The van der Waals surface area contributed by atoms with E-state index < -0.39 is 11.7 Å². The number of carbonyl (C=O) groups is 1. The summed E-state index contributed by atoms with van der Waals surface area (Å²) in [6.07, 6.45) is -3.56. The SMILES string of the molecule is COC(=O)CCCNCc1ccccc1C(F)(F)F. The maximum absolute atomic E-state index is 12.7. The molecule has 3 nitrogen and oxygen atoms in total. The number of rotatable bonds is 6. The molecular formula is C13H16F3NO2. The number of methoxy groups -OCH3 is 1. The molecule has 0 saturated carbocycles. The lowest BCUT2D eigenvalue weighted by Crippen LogP contribution is -2.19. The Balaban J connectivity index is 2.44. The lowest BCUT2D eigenvalue weighted by Gasteiger charge is -2.13.